The zero-order chi connectivity index (χ0) is 9.26. The Morgan fingerprint density at radius 1 is 1.46 bits per heavy atom. The van der Waals surface area contributed by atoms with E-state index in [0.29, 0.717) is 0 Å². The van der Waals surface area contributed by atoms with Gasteiger partial charge in [-0.1, -0.05) is 0 Å². The van der Waals surface area contributed by atoms with Crippen molar-refractivity contribution >= 4 is 43.2 Å². The average molecular weight is 388 g/mol. The Kier molecular flexibility index (Phi) is 3.50. The summed E-state index contributed by atoms with van der Waals surface area (Å²) in [5.41, 5.74) is 1.33. The van der Waals surface area contributed by atoms with Crippen LogP contribution in [0.4, 0.5) is 0 Å². The van der Waals surface area contributed by atoms with Crippen molar-refractivity contribution in [2.45, 2.75) is 4.34 Å². The number of benzene rings is 1. The van der Waals surface area contributed by atoms with E-state index in [2.05, 4.69) is 48.6 Å². The van der Waals surface area contributed by atoms with Gasteiger partial charge in [0, 0.05) is 0 Å². The first kappa shape index (κ1) is 10.2. The van der Waals surface area contributed by atoms with Crippen molar-refractivity contribution in [2.75, 3.05) is 0 Å². The van der Waals surface area contributed by atoms with E-state index in [4.69, 9.17) is 0 Å². The zero-order valence-corrected chi connectivity index (χ0v) is 12.2. The van der Waals surface area contributed by atoms with Crippen LogP contribution in [0.5, 0.6) is 0 Å². The van der Waals surface area contributed by atoms with Crippen LogP contribution in [0, 0.1) is 0 Å². The molecule has 0 amide bonds. The Morgan fingerprint density at radius 3 is 2.92 bits per heavy atom. The Morgan fingerprint density at radius 2 is 2.23 bits per heavy atom. The molecule has 70 valence electrons. The van der Waals surface area contributed by atoms with Crippen LogP contribution in [0.3, 0.4) is 0 Å². The second kappa shape index (κ2) is 4.46. The number of hydrogen-bond donors (Lipinski definition) is 0. The SMILES string of the molecule is C[n+]1c(S[I-]Br)sc2ccccc21. The van der Waals surface area contributed by atoms with Crippen LogP contribution < -0.4 is 22.2 Å². The summed E-state index contributed by atoms with van der Waals surface area (Å²) in [5.74, 6) is 0. The van der Waals surface area contributed by atoms with Gasteiger partial charge >= 0.3 is 101 Å². The standard InChI is InChI=1S/C8H7BrINS2/c1-11-6-4-2-3-5-7(6)12-8(11)13-10-9/h2-5H,1H3. The fraction of sp³-hybridized carbons (Fsp3) is 0.125. The van der Waals surface area contributed by atoms with Gasteiger partial charge in [0.05, 0.1) is 0 Å². The van der Waals surface area contributed by atoms with Crippen LogP contribution in [0.15, 0.2) is 28.6 Å². The molecular weight excluding hydrogens is 381 g/mol. The zero-order valence-electron chi connectivity index (χ0n) is 6.83. The number of aromatic nitrogens is 1. The summed E-state index contributed by atoms with van der Waals surface area (Å²) in [6.45, 7) is 0. The van der Waals surface area contributed by atoms with Gasteiger partial charge < -0.3 is 0 Å². The number of rotatable bonds is 2. The molecule has 0 saturated heterocycles. The van der Waals surface area contributed by atoms with Crippen molar-refractivity contribution in [3.63, 3.8) is 0 Å². The van der Waals surface area contributed by atoms with Gasteiger partial charge in [-0.3, -0.25) is 0 Å². The van der Waals surface area contributed by atoms with Crippen LogP contribution in [-0.4, -0.2) is 0 Å². The van der Waals surface area contributed by atoms with Crippen LogP contribution >= 0.6 is 33.0 Å². The summed E-state index contributed by atoms with van der Waals surface area (Å²) in [6, 6.07) is 8.53. The van der Waals surface area contributed by atoms with Gasteiger partial charge in [-0.05, 0) is 0 Å². The number of halogens is 2. The maximum atomic E-state index is 3.54. The third-order valence-corrected chi connectivity index (χ3v) is 8.88. The molecule has 0 spiro atoms. The normalized spacial score (nSPS) is 11.2. The Balaban J connectivity index is 2.60. The fourth-order valence-electron chi connectivity index (χ4n) is 1.17. The number of thiazole rings is 1. The molecule has 0 saturated carbocycles. The van der Waals surface area contributed by atoms with Gasteiger partial charge in [0.15, 0.2) is 0 Å². The van der Waals surface area contributed by atoms with E-state index in [9.17, 15) is 0 Å². The van der Waals surface area contributed by atoms with Crippen molar-refractivity contribution in [3.8, 4) is 0 Å². The number of hydrogen-bond acceptors (Lipinski definition) is 2. The van der Waals surface area contributed by atoms with Gasteiger partial charge in [-0.25, -0.2) is 0 Å². The number of nitrogens with zero attached hydrogens (tertiary/aromatic N) is 1. The molecule has 13 heavy (non-hydrogen) atoms. The first-order valence-corrected chi connectivity index (χ1v) is 12.6. The molecule has 0 unspecified atom stereocenters. The Hall–Kier alpha value is 0.670. The first-order valence-electron chi connectivity index (χ1n) is 3.63. The topological polar surface area (TPSA) is 3.88 Å². The molecule has 1 heterocycles. The molecular formula is C8H7BrINS2. The third-order valence-electron chi connectivity index (χ3n) is 1.79. The molecule has 2 rings (SSSR count). The van der Waals surface area contributed by atoms with Crippen molar-refractivity contribution in [3.05, 3.63) is 24.3 Å². The molecule has 5 heteroatoms. The van der Waals surface area contributed by atoms with Gasteiger partial charge in [0.1, 0.15) is 0 Å². The molecule has 0 fully saturated rings. The van der Waals surface area contributed by atoms with Crippen LogP contribution in [-0.2, 0) is 7.05 Å². The average Bonchev–Trinajstić information content (AvgIpc) is 2.46. The maximum absolute atomic E-state index is 3.54. The van der Waals surface area contributed by atoms with E-state index >= 15 is 0 Å². The number of fused-ring (bicyclic) bond motifs is 1. The van der Waals surface area contributed by atoms with Crippen molar-refractivity contribution in [1.29, 1.82) is 0 Å². The van der Waals surface area contributed by atoms with E-state index in [1.807, 2.05) is 20.3 Å². The van der Waals surface area contributed by atoms with Crippen molar-refractivity contribution in [1.82, 2.24) is 0 Å². The van der Waals surface area contributed by atoms with Crippen molar-refractivity contribution in [2.24, 2.45) is 7.05 Å². The molecule has 0 bridgehead atoms. The summed E-state index contributed by atoms with van der Waals surface area (Å²) in [4.78, 5) is 0. The molecule has 0 N–H and O–H groups in total. The van der Waals surface area contributed by atoms with Gasteiger partial charge in [-0.15, -0.1) is 0 Å². The minimum atomic E-state index is 0.0930. The predicted octanol–water partition coefficient (Wildman–Crippen LogP) is 0.132. The van der Waals surface area contributed by atoms with E-state index in [1.165, 1.54) is 14.6 Å². The number of aryl methyl sites for hydroxylation is 1. The monoisotopic (exact) mass is 387 g/mol. The molecule has 1 nitrogen and oxygen atoms in total. The summed E-state index contributed by atoms with van der Waals surface area (Å²) in [7, 11) is 4.07. The van der Waals surface area contributed by atoms with Crippen molar-refractivity contribution < 1.29 is 22.2 Å². The summed E-state index contributed by atoms with van der Waals surface area (Å²) in [6.07, 6.45) is 0. The van der Waals surface area contributed by atoms with E-state index < -0.39 is 0 Å². The predicted molar refractivity (Wildman–Crippen MR) is 57.8 cm³/mol. The molecule has 0 aliphatic heterocycles. The summed E-state index contributed by atoms with van der Waals surface area (Å²) in [5, 5.41) is 0. The van der Waals surface area contributed by atoms with Crippen LogP contribution in [0.1, 0.15) is 0 Å². The van der Waals surface area contributed by atoms with E-state index in [0.717, 1.165) is 0 Å². The molecule has 1 aromatic heterocycles. The Labute approximate surface area is 100.0 Å². The fourth-order valence-corrected chi connectivity index (χ4v) is 9.42. The van der Waals surface area contributed by atoms with Gasteiger partial charge in [-0.2, -0.15) is 0 Å². The molecule has 0 aliphatic carbocycles. The second-order valence-corrected chi connectivity index (χ2v) is 11.7. The summed E-state index contributed by atoms with van der Waals surface area (Å²) >= 11 is 5.51. The van der Waals surface area contributed by atoms with E-state index in [-0.39, 0.29) is 17.6 Å². The molecule has 0 aliphatic rings. The van der Waals surface area contributed by atoms with E-state index in [1.54, 1.807) is 0 Å². The molecule has 0 radical (unpaired) electrons. The second-order valence-electron chi connectivity index (χ2n) is 2.53. The Bertz CT molecular complexity index is 429. The molecule has 2 aromatic rings. The third kappa shape index (κ3) is 2.03. The van der Waals surface area contributed by atoms with Gasteiger partial charge in [0.25, 0.3) is 0 Å². The molecule has 1 aromatic carbocycles. The number of para-hydroxylation sites is 1. The first-order chi connectivity index (χ1) is 6.33. The van der Waals surface area contributed by atoms with Crippen LogP contribution in [0.25, 0.3) is 10.2 Å². The summed E-state index contributed by atoms with van der Waals surface area (Å²) < 4.78 is 5.04. The quantitative estimate of drug-likeness (QED) is 0.523. The minimum absolute atomic E-state index is 0.0930. The van der Waals surface area contributed by atoms with Crippen LogP contribution in [0.2, 0.25) is 0 Å². The van der Waals surface area contributed by atoms with Gasteiger partial charge in [0.2, 0.25) is 0 Å². The molecule has 0 atom stereocenters.